The molecule has 656 valence electrons. The molecule has 0 bridgehead atoms. The number of carbonyl (C=O) groups excluding carboxylic acids is 2. The molecular formula is C98H106Cl2N24O4. The van der Waals surface area contributed by atoms with Crippen molar-refractivity contribution in [3.63, 3.8) is 0 Å². The Morgan fingerprint density at radius 1 is 0.406 bits per heavy atom. The van der Waals surface area contributed by atoms with Crippen LogP contribution in [0.4, 0.5) is 34.4 Å². The number of nitrogens with one attached hydrogen (secondary N) is 1. The smallest absolute Gasteiger partial charge is 0.280 e. The first-order valence-electron chi connectivity index (χ1n) is 44.7. The number of hydrogen-bond donors (Lipinski definition) is 1. The van der Waals surface area contributed by atoms with Gasteiger partial charge in [0.05, 0.1) is 24.2 Å². The second-order valence-corrected chi connectivity index (χ2v) is 32.4. The minimum Gasteiger partial charge on any atom is -0.352 e. The van der Waals surface area contributed by atoms with E-state index in [1.807, 2.05) is 152 Å². The maximum atomic E-state index is 12.7. The summed E-state index contributed by atoms with van der Waals surface area (Å²) in [6.45, 7) is 13.7. The van der Waals surface area contributed by atoms with E-state index in [1.165, 1.54) is 89.9 Å². The average molecular weight is 1750 g/mol. The molecule has 0 radical (unpaired) electrons. The number of ketones is 1. The Labute approximate surface area is 755 Å². The van der Waals surface area contributed by atoms with Crippen LogP contribution in [0.15, 0.2) is 213 Å². The molecule has 1 amide bonds. The fourth-order valence-corrected chi connectivity index (χ4v) is 16.5. The molecule has 2 saturated carbocycles. The molecule has 2 aliphatic rings. The number of carbonyl (C=O) groups is 2. The number of Topliss-reactive ketones (excluding diaryl/α,β-unsaturated/α-hetero) is 1. The average Bonchev–Trinajstić information content (AvgIpc) is 0.993. The lowest BCUT2D eigenvalue weighted by Crippen LogP contribution is -2.31. The molecule has 6 aromatic carbocycles. The van der Waals surface area contributed by atoms with Gasteiger partial charge in [-0.3, -0.25) is 19.4 Å². The molecule has 2 fully saturated rings. The van der Waals surface area contributed by atoms with Crippen molar-refractivity contribution in [1.82, 2.24) is 112 Å². The second-order valence-electron chi connectivity index (χ2n) is 31.7. The number of hydrogen-bond acceptors (Lipinski definition) is 25. The molecule has 2 aliphatic carbocycles. The van der Waals surface area contributed by atoms with E-state index in [2.05, 4.69) is 187 Å². The Morgan fingerprint density at radius 3 is 1.22 bits per heavy atom. The quantitative estimate of drug-likeness (QED) is 0.0383. The fraction of sp³-hybridized carbons (Fsp3) is 0.337. The zero-order valence-electron chi connectivity index (χ0n) is 73.2. The van der Waals surface area contributed by atoms with Crippen LogP contribution in [0.25, 0.3) is 56.6 Å². The van der Waals surface area contributed by atoms with Crippen molar-refractivity contribution in [2.45, 2.75) is 196 Å². The van der Waals surface area contributed by atoms with Crippen molar-refractivity contribution in [3.8, 4) is 46.3 Å². The monoisotopic (exact) mass is 1750 g/mol. The van der Waals surface area contributed by atoms with Crippen molar-refractivity contribution < 1.29 is 19.3 Å². The highest BCUT2D eigenvalue weighted by Crippen LogP contribution is 2.39. The maximum Gasteiger partial charge on any atom is 0.280 e. The molecule has 28 nitrogen and oxygen atoms in total. The SMILES string of the molecule is CCCc1cnnc(-c2nc(-c3nncc(CCC)c3CCC)nc(-c3nncc(CCC)c3CCC)n2)c1CCC.O=C(CCC1CCCCC1)c1cc(On2nnc3ccccc32)nnc1Cl.O=C(NCC1CCCCC1)c1cc(Cl)nnc1On1nnc2ccccc21.c1ccc(N(c2ccccc2)c2ccc(N(c3ccccc3)c3ccccc3)nn2)cc1. The van der Waals surface area contributed by atoms with Crippen molar-refractivity contribution in [3.05, 3.63) is 268 Å². The number of aromatic nitrogens is 21. The highest BCUT2D eigenvalue weighted by molar-refractivity contribution is 6.32. The summed E-state index contributed by atoms with van der Waals surface area (Å²) in [4.78, 5) is 58.4. The zero-order chi connectivity index (χ0) is 88.8. The molecule has 15 aromatic rings. The van der Waals surface area contributed by atoms with Gasteiger partial charge in [0.1, 0.15) is 44.7 Å². The standard InChI is InChI=1S/C33H45N9.C28H22N4.C19H20ClN5O2.C18H19ClN6O2/c1-7-13-22-19-34-40-28(25(22)16-10-4)31-37-32(29-26(17-11-5)23(14-8-2)20-35-41-29)39-33(38-31)30-27(18-12-6)24(15-9-3)21-36-42-30;1-5-13-23(14-6-1)31(24-15-7-2-8-16-24)27-21-22-28(30-29-27)32(25-17-9-3-10-18-25)26-19-11-4-12-20-26;20-19-14(17(26)11-10-13-6-2-1-3-7-13)12-18(22-23-19)27-25-16-9-5-4-8-15(16)21-24-25;19-16-10-13(17(26)20-11-12-6-2-1-3-7-12)18(23-22-16)27-25-15-9-5-4-8-14(15)21-24-25/h19-21H,7-18H2,1-6H3;1-22H;4-5,8-9,12-13H,1-3,6-7,10-11H2;4-5,8-10,12H,1-3,6-7,11H2,(H,20,26). The molecule has 9 aromatic heterocycles. The van der Waals surface area contributed by atoms with Gasteiger partial charge in [-0.25, -0.2) is 15.0 Å². The number of rotatable bonds is 32. The number of amides is 1. The summed E-state index contributed by atoms with van der Waals surface area (Å²) in [5, 5.41) is 70.9. The first-order valence-corrected chi connectivity index (χ1v) is 45.4. The van der Waals surface area contributed by atoms with E-state index in [4.69, 9.17) is 47.8 Å². The molecule has 9 heterocycles. The fourth-order valence-electron chi connectivity index (χ4n) is 16.2. The number of fused-ring (bicyclic) bond motifs is 2. The molecule has 1 N–H and O–H groups in total. The number of benzene rings is 6. The largest absolute Gasteiger partial charge is 0.352 e. The van der Waals surface area contributed by atoms with E-state index in [1.54, 1.807) is 0 Å². The highest BCUT2D eigenvalue weighted by Gasteiger charge is 2.28. The molecule has 30 heteroatoms. The number of anilines is 6. The third kappa shape index (κ3) is 23.4. The van der Waals surface area contributed by atoms with E-state index in [-0.39, 0.29) is 39.3 Å². The van der Waals surface area contributed by atoms with Gasteiger partial charge in [0, 0.05) is 41.8 Å². The lowest BCUT2D eigenvalue weighted by Gasteiger charge is -2.26. The minimum absolute atomic E-state index is 0.0243. The predicted molar refractivity (Wildman–Crippen MR) is 499 cm³/mol. The van der Waals surface area contributed by atoms with Gasteiger partial charge in [-0.05, 0) is 204 Å². The van der Waals surface area contributed by atoms with Crippen molar-refractivity contribution in [2.24, 2.45) is 11.8 Å². The molecular weight excluding hydrogens is 1650 g/mol. The van der Waals surface area contributed by atoms with E-state index in [0.29, 0.717) is 87.0 Å². The number of para-hydroxylation sites is 6. The van der Waals surface area contributed by atoms with E-state index in [9.17, 15) is 9.59 Å². The molecule has 128 heavy (non-hydrogen) atoms. The van der Waals surface area contributed by atoms with Crippen LogP contribution in [-0.2, 0) is 38.5 Å². The third-order valence-electron chi connectivity index (χ3n) is 22.4. The van der Waals surface area contributed by atoms with Gasteiger partial charge in [0.25, 0.3) is 17.7 Å². The van der Waals surface area contributed by atoms with Crippen LogP contribution < -0.4 is 24.8 Å². The van der Waals surface area contributed by atoms with E-state index in [0.717, 1.165) is 147 Å². The van der Waals surface area contributed by atoms with Crippen LogP contribution in [0.3, 0.4) is 0 Å². The van der Waals surface area contributed by atoms with Gasteiger partial charge in [0.2, 0.25) is 0 Å². The Hall–Kier alpha value is -13.5. The summed E-state index contributed by atoms with van der Waals surface area (Å²) < 4.78 is 0. The molecule has 0 saturated heterocycles. The van der Waals surface area contributed by atoms with Crippen LogP contribution in [0.5, 0.6) is 11.8 Å². The summed E-state index contributed by atoms with van der Waals surface area (Å²) in [6, 6.07) is 62.6. The Bertz CT molecular complexity index is 5720. The van der Waals surface area contributed by atoms with Crippen LogP contribution in [0, 0.1) is 11.8 Å². The van der Waals surface area contributed by atoms with Gasteiger partial charge in [-0.2, -0.15) is 15.3 Å². The van der Waals surface area contributed by atoms with Gasteiger partial charge in [0.15, 0.2) is 45.2 Å². The normalized spacial score (nSPS) is 12.7. The Kier molecular flexibility index (Phi) is 32.7. The molecule has 0 unspecified atom stereocenters. The van der Waals surface area contributed by atoms with Crippen LogP contribution in [0.1, 0.15) is 211 Å². The Balaban J connectivity index is 0.000000140. The molecule has 0 aliphatic heterocycles. The summed E-state index contributed by atoms with van der Waals surface area (Å²) in [5.41, 5.74) is 16.5. The van der Waals surface area contributed by atoms with Crippen molar-refractivity contribution in [1.29, 1.82) is 0 Å². The number of aryl methyl sites for hydroxylation is 3. The van der Waals surface area contributed by atoms with Gasteiger partial charge in [-0.1, -0.05) is 261 Å². The van der Waals surface area contributed by atoms with Gasteiger partial charge < -0.3 is 15.0 Å². The summed E-state index contributed by atoms with van der Waals surface area (Å²) >= 11 is 12.0. The van der Waals surface area contributed by atoms with Crippen LogP contribution in [0.2, 0.25) is 10.3 Å². The van der Waals surface area contributed by atoms with Gasteiger partial charge >= 0.3 is 0 Å². The van der Waals surface area contributed by atoms with Gasteiger partial charge in [-0.15, -0.1) is 56.1 Å². The lowest BCUT2D eigenvalue weighted by molar-refractivity contribution is 0.0928. The molecule has 0 atom stereocenters. The predicted octanol–water partition coefficient (Wildman–Crippen LogP) is 21.7. The maximum absolute atomic E-state index is 12.7. The topological polar surface area (TPSA) is 326 Å². The summed E-state index contributed by atoms with van der Waals surface area (Å²) in [5.74, 6) is 4.00. The van der Waals surface area contributed by atoms with E-state index < -0.39 is 0 Å². The van der Waals surface area contributed by atoms with Crippen molar-refractivity contribution in [2.75, 3.05) is 16.3 Å². The molecule has 17 rings (SSSR count). The first kappa shape index (κ1) is 90.8. The number of nitrogens with zero attached hydrogens (tertiary/aromatic N) is 23. The highest BCUT2D eigenvalue weighted by atomic mass is 35.5. The Morgan fingerprint density at radius 2 is 0.805 bits per heavy atom. The zero-order valence-corrected chi connectivity index (χ0v) is 74.7. The van der Waals surface area contributed by atoms with Crippen LogP contribution in [-0.4, -0.2) is 125 Å². The lowest BCUT2D eigenvalue weighted by atomic mass is 9.85. The number of halogens is 2. The minimum atomic E-state index is -0.295. The van der Waals surface area contributed by atoms with Crippen molar-refractivity contribution >= 4 is 91.3 Å². The third-order valence-corrected chi connectivity index (χ3v) is 22.9. The summed E-state index contributed by atoms with van der Waals surface area (Å²) in [6.07, 6.45) is 30.7. The molecule has 0 spiro atoms. The second kappa shape index (κ2) is 46.1. The summed E-state index contributed by atoms with van der Waals surface area (Å²) in [7, 11) is 0. The van der Waals surface area contributed by atoms with Crippen LogP contribution >= 0.6 is 23.2 Å². The van der Waals surface area contributed by atoms with E-state index >= 15 is 0 Å². The first-order chi connectivity index (χ1) is 62.9.